The number of benzene rings is 1. The minimum atomic E-state index is -0.567. The number of imidazole rings is 1. The Labute approximate surface area is 188 Å². The third-order valence-corrected chi connectivity index (χ3v) is 5.49. The first-order valence-corrected chi connectivity index (χ1v) is 10.4. The maximum atomic E-state index is 12.9. The lowest BCUT2D eigenvalue weighted by atomic mass is 10.1. The molecule has 4 aromatic rings. The standard InChI is InChI=1S/C21H21N7O3S/c1-28-9-8-23-18(28)17(13-10-14(30-2)12-15(11-13)31-3)24-20(29)25-21-27-26-19(32-21)16-6-4-5-7-22-16/h4-12,17H,1-3H3,(H2,24,25,27,29). The van der Waals surface area contributed by atoms with E-state index in [9.17, 15) is 4.79 Å². The number of ether oxygens (including phenoxy) is 2. The molecule has 4 rings (SSSR count). The molecule has 0 aliphatic rings. The topological polar surface area (TPSA) is 116 Å². The van der Waals surface area contributed by atoms with Gasteiger partial charge >= 0.3 is 6.03 Å². The first-order chi connectivity index (χ1) is 15.6. The highest BCUT2D eigenvalue weighted by atomic mass is 32.1. The number of anilines is 1. The van der Waals surface area contributed by atoms with Gasteiger partial charge in [-0.25, -0.2) is 9.78 Å². The van der Waals surface area contributed by atoms with Crippen molar-refractivity contribution >= 4 is 22.5 Å². The van der Waals surface area contributed by atoms with Crippen molar-refractivity contribution in [2.75, 3.05) is 19.5 Å². The quantitative estimate of drug-likeness (QED) is 0.443. The number of hydrogen-bond acceptors (Lipinski definition) is 8. The molecule has 11 heteroatoms. The fourth-order valence-corrected chi connectivity index (χ4v) is 3.79. The number of pyridine rings is 1. The highest BCUT2D eigenvalue weighted by molar-refractivity contribution is 7.18. The van der Waals surface area contributed by atoms with Crippen molar-refractivity contribution in [2.45, 2.75) is 6.04 Å². The molecule has 1 atom stereocenters. The van der Waals surface area contributed by atoms with Crippen molar-refractivity contribution in [1.82, 2.24) is 30.0 Å². The summed E-state index contributed by atoms with van der Waals surface area (Å²) in [5.41, 5.74) is 1.44. The fraction of sp³-hybridized carbons (Fsp3) is 0.190. The van der Waals surface area contributed by atoms with Crippen LogP contribution in [-0.2, 0) is 7.05 Å². The Bertz CT molecular complexity index is 1190. The van der Waals surface area contributed by atoms with Crippen molar-refractivity contribution in [3.05, 3.63) is 66.4 Å². The maximum absolute atomic E-state index is 12.9. The molecular weight excluding hydrogens is 430 g/mol. The number of nitrogens with one attached hydrogen (secondary N) is 2. The molecule has 164 valence electrons. The number of hydrogen-bond donors (Lipinski definition) is 2. The zero-order valence-corrected chi connectivity index (χ0v) is 18.5. The predicted molar refractivity (Wildman–Crippen MR) is 120 cm³/mol. The van der Waals surface area contributed by atoms with Crippen molar-refractivity contribution < 1.29 is 14.3 Å². The van der Waals surface area contributed by atoms with Gasteiger partial charge < -0.3 is 19.4 Å². The van der Waals surface area contributed by atoms with Crippen LogP contribution in [-0.4, -0.2) is 45.0 Å². The summed E-state index contributed by atoms with van der Waals surface area (Å²) in [7, 11) is 5.00. The summed E-state index contributed by atoms with van der Waals surface area (Å²) >= 11 is 1.23. The van der Waals surface area contributed by atoms with Crippen LogP contribution >= 0.6 is 11.3 Å². The Morgan fingerprint density at radius 3 is 2.47 bits per heavy atom. The van der Waals surface area contributed by atoms with Gasteiger partial charge in [-0.1, -0.05) is 17.4 Å². The van der Waals surface area contributed by atoms with Crippen LogP contribution in [0.25, 0.3) is 10.7 Å². The van der Waals surface area contributed by atoms with Crippen LogP contribution in [0.2, 0.25) is 0 Å². The molecule has 0 bridgehead atoms. The lowest BCUT2D eigenvalue weighted by Crippen LogP contribution is -2.34. The van der Waals surface area contributed by atoms with Crippen molar-refractivity contribution in [3.63, 3.8) is 0 Å². The lowest BCUT2D eigenvalue weighted by molar-refractivity contribution is 0.249. The molecule has 0 aliphatic carbocycles. The highest BCUT2D eigenvalue weighted by Gasteiger charge is 2.23. The molecule has 0 aliphatic heterocycles. The SMILES string of the molecule is COc1cc(OC)cc(C(NC(=O)Nc2nnc(-c3ccccn3)s2)c2nccn2C)c1. The van der Waals surface area contributed by atoms with Crippen molar-refractivity contribution in [1.29, 1.82) is 0 Å². The van der Waals surface area contributed by atoms with Crippen LogP contribution in [0.5, 0.6) is 11.5 Å². The molecule has 0 saturated carbocycles. The number of nitrogens with zero attached hydrogens (tertiary/aromatic N) is 5. The van der Waals surface area contributed by atoms with Gasteiger partial charge in [0.05, 0.1) is 14.2 Å². The van der Waals surface area contributed by atoms with Gasteiger partial charge in [-0.3, -0.25) is 10.3 Å². The van der Waals surface area contributed by atoms with Gasteiger partial charge in [-0.05, 0) is 29.8 Å². The highest BCUT2D eigenvalue weighted by Crippen LogP contribution is 2.30. The third kappa shape index (κ3) is 4.67. The summed E-state index contributed by atoms with van der Waals surface area (Å²) in [6.45, 7) is 0. The Hall–Kier alpha value is -3.99. The second-order valence-electron chi connectivity index (χ2n) is 6.70. The zero-order valence-electron chi connectivity index (χ0n) is 17.6. The van der Waals surface area contributed by atoms with Gasteiger partial charge in [0.15, 0.2) is 5.01 Å². The first-order valence-electron chi connectivity index (χ1n) is 9.60. The number of carbonyl (C=O) groups excluding carboxylic acids is 1. The van der Waals surface area contributed by atoms with Crippen LogP contribution < -0.4 is 20.1 Å². The van der Waals surface area contributed by atoms with E-state index in [2.05, 4.69) is 30.8 Å². The van der Waals surface area contributed by atoms with Gasteiger partial charge in [0, 0.05) is 31.7 Å². The van der Waals surface area contributed by atoms with Crippen LogP contribution in [0, 0.1) is 0 Å². The first kappa shape index (κ1) is 21.2. The Balaban J connectivity index is 1.58. The molecule has 0 radical (unpaired) electrons. The third-order valence-electron chi connectivity index (χ3n) is 4.63. The van der Waals surface area contributed by atoms with Gasteiger partial charge in [0.1, 0.15) is 29.1 Å². The van der Waals surface area contributed by atoms with Gasteiger partial charge in [-0.15, -0.1) is 10.2 Å². The molecule has 1 unspecified atom stereocenters. The molecule has 0 spiro atoms. The monoisotopic (exact) mass is 451 g/mol. The normalized spacial score (nSPS) is 11.6. The molecule has 3 heterocycles. The molecule has 32 heavy (non-hydrogen) atoms. The smallest absolute Gasteiger partial charge is 0.321 e. The minimum absolute atomic E-state index is 0.352. The van der Waals surface area contributed by atoms with Crippen LogP contribution in [0.4, 0.5) is 9.93 Å². The average Bonchev–Trinajstić information content (AvgIpc) is 3.46. The summed E-state index contributed by atoms with van der Waals surface area (Å²) < 4.78 is 12.6. The van der Waals surface area contributed by atoms with E-state index in [1.54, 1.807) is 32.7 Å². The maximum Gasteiger partial charge on any atom is 0.321 e. The molecule has 1 aromatic carbocycles. The van der Waals surface area contributed by atoms with Crippen LogP contribution in [0.15, 0.2) is 55.0 Å². The number of methoxy groups -OCH3 is 2. The largest absolute Gasteiger partial charge is 0.497 e. The average molecular weight is 452 g/mol. The van der Waals surface area contributed by atoms with E-state index >= 15 is 0 Å². The van der Waals surface area contributed by atoms with Gasteiger partial charge in [0.2, 0.25) is 5.13 Å². The summed E-state index contributed by atoms with van der Waals surface area (Å²) in [5.74, 6) is 1.84. The van der Waals surface area contributed by atoms with Gasteiger partial charge in [-0.2, -0.15) is 0 Å². The van der Waals surface area contributed by atoms with E-state index in [1.807, 2.05) is 48.1 Å². The van der Waals surface area contributed by atoms with E-state index in [0.717, 1.165) is 5.56 Å². The number of rotatable bonds is 7. The summed E-state index contributed by atoms with van der Waals surface area (Å²) in [4.78, 5) is 21.5. The van der Waals surface area contributed by atoms with Crippen molar-refractivity contribution in [2.24, 2.45) is 7.05 Å². The number of aryl methyl sites for hydroxylation is 1. The molecule has 0 saturated heterocycles. The number of carbonyl (C=O) groups is 1. The Morgan fingerprint density at radius 1 is 1.06 bits per heavy atom. The van der Waals surface area contributed by atoms with E-state index in [0.29, 0.717) is 33.2 Å². The summed E-state index contributed by atoms with van der Waals surface area (Å²) in [5, 5.41) is 14.8. The van der Waals surface area contributed by atoms with Crippen molar-refractivity contribution in [3.8, 4) is 22.2 Å². The molecule has 3 aromatic heterocycles. The Kier molecular flexibility index (Phi) is 6.26. The van der Waals surface area contributed by atoms with Crippen LogP contribution in [0.3, 0.4) is 0 Å². The fourth-order valence-electron chi connectivity index (χ4n) is 3.08. The summed E-state index contributed by atoms with van der Waals surface area (Å²) in [6.07, 6.45) is 5.16. The molecule has 2 N–H and O–H groups in total. The van der Waals surface area contributed by atoms with Crippen LogP contribution in [0.1, 0.15) is 17.4 Å². The summed E-state index contributed by atoms with van der Waals surface area (Å²) in [6, 6.07) is 9.91. The Morgan fingerprint density at radius 2 is 1.84 bits per heavy atom. The van der Waals surface area contributed by atoms with Gasteiger partial charge in [0.25, 0.3) is 0 Å². The second-order valence-corrected chi connectivity index (χ2v) is 7.68. The molecule has 0 fully saturated rings. The van der Waals surface area contributed by atoms with E-state index in [4.69, 9.17) is 9.47 Å². The number of aromatic nitrogens is 5. The molecule has 2 amide bonds. The number of urea groups is 1. The number of amides is 2. The second kappa shape index (κ2) is 9.43. The van der Waals surface area contributed by atoms with E-state index in [1.165, 1.54) is 11.3 Å². The van der Waals surface area contributed by atoms with E-state index < -0.39 is 12.1 Å². The minimum Gasteiger partial charge on any atom is -0.497 e. The molecular formula is C21H21N7O3S. The van der Waals surface area contributed by atoms with E-state index in [-0.39, 0.29) is 0 Å². The predicted octanol–water partition coefficient (Wildman–Crippen LogP) is 3.26. The zero-order chi connectivity index (χ0) is 22.5. The lowest BCUT2D eigenvalue weighted by Gasteiger charge is -2.20. The molecule has 10 nitrogen and oxygen atoms in total.